The van der Waals surface area contributed by atoms with Crippen LogP contribution in [-0.4, -0.2) is 30.0 Å². The summed E-state index contributed by atoms with van der Waals surface area (Å²) in [6.45, 7) is 3.02. The van der Waals surface area contributed by atoms with Gasteiger partial charge >= 0.3 is 0 Å². The Morgan fingerprint density at radius 2 is 2.33 bits per heavy atom. The Bertz CT molecular complexity index is 554. The fraction of sp³-hybridized carbons (Fsp3) is 0.471. The maximum absolute atomic E-state index is 12.3. The lowest BCUT2D eigenvalue weighted by Gasteiger charge is -2.21. The molecule has 0 saturated carbocycles. The molecule has 1 fully saturated rings. The Morgan fingerprint density at radius 3 is 3.05 bits per heavy atom. The average Bonchev–Trinajstić information content (AvgIpc) is 2.52. The van der Waals surface area contributed by atoms with E-state index in [2.05, 4.69) is 17.2 Å². The Hall–Kier alpha value is -1.44. The Labute approximate surface area is 131 Å². The lowest BCUT2D eigenvalue weighted by molar-refractivity contribution is 0.0952. The van der Waals surface area contributed by atoms with Crippen molar-refractivity contribution in [1.82, 2.24) is 5.32 Å². The van der Waals surface area contributed by atoms with Gasteiger partial charge in [-0.25, -0.2) is 0 Å². The van der Waals surface area contributed by atoms with Crippen LogP contribution in [0.4, 0.5) is 0 Å². The largest absolute Gasteiger partial charge is 0.351 e. The summed E-state index contributed by atoms with van der Waals surface area (Å²) in [6.07, 6.45) is 3.78. The van der Waals surface area contributed by atoms with Gasteiger partial charge in [-0.1, -0.05) is 24.3 Å². The first-order valence-corrected chi connectivity index (χ1v) is 8.45. The van der Waals surface area contributed by atoms with Crippen molar-refractivity contribution in [1.29, 1.82) is 0 Å². The molecule has 1 aromatic rings. The molecule has 1 aliphatic heterocycles. The van der Waals surface area contributed by atoms with E-state index in [0.717, 1.165) is 17.7 Å². The maximum Gasteiger partial charge on any atom is 0.251 e. The van der Waals surface area contributed by atoms with Crippen LogP contribution in [0.2, 0.25) is 0 Å². The number of benzene rings is 1. The zero-order valence-electron chi connectivity index (χ0n) is 12.4. The Kier molecular flexibility index (Phi) is 6.16. The molecule has 0 bridgehead atoms. The van der Waals surface area contributed by atoms with E-state index in [1.54, 1.807) is 0 Å². The molecule has 1 aromatic carbocycles. The van der Waals surface area contributed by atoms with Crippen molar-refractivity contribution in [2.45, 2.75) is 31.4 Å². The van der Waals surface area contributed by atoms with Crippen LogP contribution in [0.15, 0.2) is 18.2 Å². The van der Waals surface area contributed by atoms with Crippen LogP contribution in [0.1, 0.15) is 40.7 Å². The van der Waals surface area contributed by atoms with E-state index in [1.807, 2.05) is 36.9 Å². The van der Waals surface area contributed by atoms with Crippen LogP contribution < -0.4 is 11.1 Å². The highest BCUT2D eigenvalue weighted by Crippen LogP contribution is 2.24. The quantitative estimate of drug-likeness (QED) is 0.843. The zero-order valence-corrected chi connectivity index (χ0v) is 13.3. The number of thioether (sulfide) groups is 1. The predicted molar refractivity (Wildman–Crippen MR) is 89.5 cm³/mol. The van der Waals surface area contributed by atoms with Gasteiger partial charge < -0.3 is 11.1 Å². The highest BCUT2D eigenvalue weighted by molar-refractivity contribution is 7.99. The highest BCUT2D eigenvalue weighted by Gasteiger charge is 2.16. The van der Waals surface area contributed by atoms with E-state index >= 15 is 0 Å². The summed E-state index contributed by atoms with van der Waals surface area (Å²) in [5, 5.41) is 3.62. The fourth-order valence-corrected chi connectivity index (χ4v) is 3.67. The third-order valence-electron chi connectivity index (χ3n) is 3.67. The van der Waals surface area contributed by atoms with Crippen molar-refractivity contribution < 1.29 is 4.79 Å². The standard InChI is InChI=1S/C17H22N2OS/c1-13-14(7-5-10-18)6-4-9-16(13)17(20)19-12-15-8-2-3-11-21-15/h4,6,9,15H,2-3,8,10-12,18H2,1H3,(H,19,20). The van der Waals surface area contributed by atoms with Crippen molar-refractivity contribution >= 4 is 17.7 Å². The van der Waals surface area contributed by atoms with Crippen LogP contribution in [0.3, 0.4) is 0 Å². The van der Waals surface area contributed by atoms with Gasteiger partial charge in [0.15, 0.2) is 0 Å². The van der Waals surface area contributed by atoms with Crippen molar-refractivity contribution in [3.63, 3.8) is 0 Å². The third kappa shape index (κ3) is 4.52. The van der Waals surface area contributed by atoms with Crippen LogP contribution in [0, 0.1) is 18.8 Å². The SMILES string of the molecule is Cc1c(C#CCN)cccc1C(=O)NCC1CCCCS1. The van der Waals surface area contributed by atoms with Crippen LogP contribution in [0.5, 0.6) is 0 Å². The summed E-state index contributed by atoms with van der Waals surface area (Å²) >= 11 is 1.97. The van der Waals surface area contributed by atoms with E-state index in [1.165, 1.54) is 25.0 Å². The molecule has 1 heterocycles. The molecule has 0 aromatic heterocycles. The van der Waals surface area contributed by atoms with E-state index in [-0.39, 0.29) is 5.91 Å². The summed E-state index contributed by atoms with van der Waals surface area (Å²) in [6, 6.07) is 5.65. The molecular formula is C17H22N2OS. The summed E-state index contributed by atoms with van der Waals surface area (Å²) < 4.78 is 0. The van der Waals surface area contributed by atoms with Gasteiger partial charge in [-0.15, -0.1) is 0 Å². The number of amides is 1. The number of nitrogens with two attached hydrogens (primary N) is 1. The van der Waals surface area contributed by atoms with Crippen molar-refractivity contribution in [2.24, 2.45) is 5.73 Å². The van der Waals surface area contributed by atoms with Crippen molar-refractivity contribution in [3.05, 3.63) is 34.9 Å². The lowest BCUT2D eigenvalue weighted by atomic mass is 10.0. The molecule has 1 atom stereocenters. The molecule has 4 heteroatoms. The highest BCUT2D eigenvalue weighted by atomic mass is 32.2. The number of hydrogen-bond donors (Lipinski definition) is 2. The second kappa shape index (κ2) is 8.11. The van der Waals surface area contributed by atoms with Crippen LogP contribution in [0.25, 0.3) is 0 Å². The molecule has 1 saturated heterocycles. The van der Waals surface area contributed by atoms with Gasteiger partial charge in [-0.05, 0) is 43.2 Å². The molecule has 1 unspecified atom stereocenters. The van der Waals surface area contributed by atoms with Gasteiger partial charge in [0.05, 0.1) is 6.54 Å². The molecule has 1 amide bonds. The zero-order chi connectivity index (χ0) is 15.1. The van der Waals surface area contributed by atoms with E-state index in [9.17, 15) is 4.79 Å². The van der Waals surface area contributed by atoms with Gasteiger partial charge in [0.2, 0.25) is 0 Å². The molecule has 1 aliphatic rings. The average molecular weight is 302 g/mol. The molecule has 0 radical (unpaired) electrons. The second-order valence-electron chi connectivity index (χ2n) is 5.18. The topological polar surface area (TPSA) is 55.1 Å². The van der Waals surface area contributed by atoms with Gasteiger partial charge in [0.1, 0.15) is 0 Å². The minimum absolute atomic E-state index is 0.00456. The summed E-state index contributed by atoms with van der Waals surface area (Å²) in [7, 11) is 0. The predicted octanol–water partition coefficient (Wildman–Crippen LogP) is 2.32. The van der Waals surface area contributed by atoms with E-state index in [0.29, 0.717) is 17.4 Å². The van der Waals surface area contributed by atoms with Gasteiger partial charge in [-0.2, -0.15) is 11.8 Å². The van der Waals surface area contributed by atoms with E-state index < -0.39 is 0 Å². The minimum atomic E-state index is -0.00456. The number of carbonyl (C=O) groups is 1. The molecular weight excluding hydrogens is 280 g/mol. The first-order valence-electron chi connectivity index (χ1n) is 7.40. The number of rotatable bonds is 3. The lowest BCUT2D eigenvalue weighted by Crippen LogP contribution is -2.32. The van der Waals surface area contributed by atoms with E-state index in [4.69, 9.17) is 5.73 Å². The Balaban J connectivity index is 2.01. The molecule has 2 rings (SSSR count). The minimum Gasteiger partial charge on any atom is -0.351 e. The van der Waals surface area contributed by atoms with Gasteiger partial charge in [0.25, 0.3) is 5.91 Å². The molecule has 0 aliphatic carbocycles. The number of hydrogen-bond acceptors (Lipinski definition) is 3. The van der Waals surface area contributed by atoms with Crippen molar-refractivity contribution in [2.75, 3.05) is 18.8 Å². The smallest absolute Gasteiger partial charge is 0.251 e. The van der Waals surface area contributed by atoms with Gasteiger partial charge in [0, 0.05) is 22.9 Å². The summed E-state index contributed by atoms with van der Waals surface area (Å²) in [5.74, 6) is 7.06. The number of nitrogens with one attached hydrogen (secondary N) is 1. The molecule has 3 nitrogen and oxygen atoms in total. The Morgan fingerprint density at radius 1 is 1.48 bits per heavy atom. The monoisotopic (exact) mass is 302 g/mol. The van der Waals surface area contributed by atoms with Crippen LogP contribution in [-0.2, 0) is 0 Å². The first-order chi connectivity index (χ1) is 10.2. The normalized spacial score (nSPS) is 17.7. The van der Waals surface area contributed by atoms with Gasteiger partial charge in [-0.3, -0.25) is 4.79 Å². The summed E-state index contributed by atoms with van der Waals surface area (Å²) in [4.78, 5) is 12.3. The van der Waals surface area contributed by atoms with Crippen molar-refractivity contribution in [3.8, 4) is 11.8 Å². The second-order valence-corrected chi connectivity index (χ2v) is 6.59. The number of carbonyl (C=O) groups excluding carboxylic acids is 1. The molecule has 21 heavy (non-hydrogen) atoms. The molecule has 112 valence electrons. The fourth-order valence-electron chi connectivity index (χ4n) is 2.43. The maximum atomic E-state index is 12.3. The van der Waals surface area contributed by atoms with Crippen LogP contribution >= 0.6 is 11.8 Å². The molecule has 0 spiro atoms. The third-order valence-corrected chi connectivity index (χ3v) is 5.07. The first kappa shape index (κ1) is 15.9. The molecule has 3 N–H and O–H groups in total. The summed E-state index contributed by atoms with van der Waals surface area (Å²) in [5.41, 5.74) is 7.91.